The lowest BCUT2D eigenvalue weighted by Gasteiger charge is -2.00. The van der Waals surface area contributed by atoms with Crippen LogP contribution < -0.4 is 5.56 Å². The lowest BCUT2D eigenvalue weighted by molar-refractivity contribution is 0.806. The van der Waals surface area contributed by atoms with Crippen molar-refractivity contribution < 1.29 is 0 Å². The fourth-order valence-electron chi connectivity index (χ4n) is 1.55. The molecular formula is C9H12N4O. The average Bonchev–Trinajstić information content (AvgIpc) is 2.49. The van der Waals surface area contributed by atoms with Crippen LogP contribution in [0.25, 0.3) is 5.78 Å². The van der Waals surface area contributed by atoms with Crippen molar-refractivity contribution >= 4 is 5.78 Å². The molecule has 2 aromatic heterocycles. The predicted molar refractivity (Wildman–Crippen MR) is 52.3 cm³/mol. The van der Waals surface area contributed by atoms with Gasteiger partial charge in [0.15, 0.2) is 0 Å². The summed E-state index contributed by atoms with van der Waals surface area (Å²) >= 11 is 0. The summed E-state index contributed by atoms with van der Waals surface area (Å²) in [4.78, 5) is 13.8. The van der Waals surface area contributed by atoms with Crippen molar-refractivity contribution in [1.29, 1.82) is 0 Å². The summed E-state index contributed by atoms with van der Waals surface area (Å²) in [6, 6.07) is 1.55. The zero-order chi connectivity index (χ0) is 10.1. The molecule has 2 rings (SSSR count). The van der Waals surface area contributed by atoms with Crippen LogP contribution in [-0.4, -0.2) is 19.6 Å². The third-order valence-corrected chi connectivity index (χ3v) is 2.13. The van der Waals surface area contributed by atoms with Crippen LogP contribution >= 0.6 is 0 Å². The summed E-state index contributed by atoms with van der Waals surface area (Å²) in [5.41, 5.74) is 0.739. The first-order valence-electron chi connectivity index (χ1n) is 4.66. The Labute approximate surface area is 80.8 Å². The number of nitrogens with one attached hydrogen (secondary N) is 1. The Balaban J connectivity index is 2.72. The second-order valence-electron chi connectivity index (χ2n) is 3.30. The van der Waals surface area contributed by atoms with E-state index < -0.39 is 0 Å². The number of nitrogens with zero attached hydrogens (tertiary/aromatic N) is 3. The molecule has 2 aromatic rings. The highest BCUT2D eigenvalue weighted by atomic mass is 16.1. The highest BCUT2D eigenvalue weighted by molar-refractivity contribution is 5.29. The Kier molecular flexibility index (Phi) is 2.07. The number of rotatable bonds is 2. The maximum absolute atomic E-state index is 11.1. The van der Waals surface area contributed by atoms with Crippen LogP contribution in [0.5, 0.6) is 0 Å². The lowest BCUT2D eigenvalue weighted by Crippen LogP contribution is -2.10. The topological polar surface area (TPSA) is 63.0 Å². The van der Waals surface area contributed by atoms with E-state index in [1.54, 1.807) is 6.07 Å². The van der Waals surface area contributed by atoms with Crippen molar-refractivity contribution in [2.24, 2.45) is 0 Å². The number of hydrogen-bond donors (Lipinski definition) is 1. The first kappa shape index (κ1) is 8.93. The van der Waals surface area contributed by atoms with E-state index in [9.17, 15) is 4.79 Å². The van der Waals surface area contributed by atoms with Gasteiger partial charge in [0.2, 0.25) is 5.78 Å². The summed E-state index contributed by atoms with van der Waals surface area (Å²) in [6.07, 6.45) is 1.88. The number of fused-ring (bicyclic) bond motifs is 1. The van der Waals surface area contributed by atoms with E-state index in [1.807, 2.05) is 11.3 Å². The van der Waals surface area contributed by atoms with Gasteiger partial charge in [0.05, 0.1) is 0 Å². The van der Waals surface area contributed by atoms with E-state index in [4.69, 9.17) is 0 Å². The molecule has 0 aliphatic heterocycles. The monoisotopic (exact) mass is 192 g/mol. The van der Waals surface area contributed by atoms with Gasteiger partial charge in [-0.1, -0.05) is 6.92 Å². The predicted octanol–water partition coefficient (Wildman–Crippen LogP) is 0.679. The van der Waals surface area contributed by atoms with Crippen molar-refractivity contribution in [3.63, 3.8) is 0 Å². The molecule has 0 radical (unpaired) electrons. The summed E-state index contributed by atoms with van der Waals surface area (Å²) in [5.74, 6) is 1.43. The van der Waals surface area contributed by atoms with Crippen molar-refractivity contribution in [2.45, 2.75) is 26.7 Å². The Morgan fingerprint density at radius 2 is 2.29 bits per heavy atom. The van der Waals surface area contributed by atoms with Gasteiger partial charge in [-0.3, -0.25) is 14.2 Å². The number of aromatic nitrogens is 4. The van der Waals surface area contributed by atoms with Gasteiger partial charge in [-0.2, -0.15) is 0 Å². The van der Waals surface area contributed by atoms with E-state index in [0.717, 1.165) is 24.4 Å². The molecular weight excluding hydrogens is 180 g/mol. The van der Waals surface area contributed by atoms with Crippen molar-refractivity contribution in [2.75, 3.05) is 0 Å². The quantitative estimate of drug-likeness (QED) is 0.761. The van der Waals surface area contributed by atoms with Gasteiger partial charge in [0.1, 0.15) is 5.82 Å². The van der Waals surface area contributed by atoms with Crippen LogP contribution in [0.1, 0.15) is 24.9 Å². The molecule has 0 aromatic carbocycles. The second kappa shape index (κ2) is 3.25. The van der Waals surface area contributed by atoms with Gasteiger partial charge in [0, 0.05) is 18.2 Å². The minimum Gasteiger partial charge on any atom is -0.291 e. The summed E-state index contributed by atoms with van der Waals surface area (Å²) < 4.78 is 1.88. The molecule has 0 amide bonds. The lowest BCUT2D eigenvalue weighted by atomic mass is 10.3. The van der Waals surface area contributed by atoms with Crippen molar-refractivity contribution in [3.05, 3.63) is 27.9 Å². The number of aryl methyl sites for hydroxylation is 2. The number of hydrogen-bond acceptors (Lipinski definition) is 3. The van der Waals surface area contributed by atoms with Crippen LogP contribution in [0.15, 0.2) is 10.9 Å². The molecule has 1 N–H and O–H groups in total. The van der Waals surface area contributed by atoms with Crippen LogP contribution in [-0.2, 0) is 6.42 Å². The van der Waals surface area contributed by atoms with Gasteiger partial charge in [-0.25, -0.2) is 0 Å². The minimum atomic E-state index is -0.134. The molecule has 5 heteroatoms. The molecule has 0 atom stereocenters. The average molecular weight is 192 g/mol. The Bertz CT molecular complexity index is 511. The highest BCUT2D eigenvalue weighted by Gasteiger charge is 2.07. The summed E-state index contributed by atoms with van der Waals surface area (Å²) in [5, 5.41) is 7.95. The normalized spacial score (nSPS) is 11.0. The first-order valence-corrected chi connectivity index (χ1v) is 4.66. The zero-order valence-electron chi connectivity index (χ0n) is 8.24. The van der Waals surface area contributed by atoms with E-state index in [0.29, 0.717) is 5.78 Å². The SMILES string of the molecule is CCCc1nnc2[nH]c(=O)cc(C)n12. The maximum Gasteiger partial charge on any atom is 0.252 e. The van der Waals surface area contributed by atoms with E-state index in [1.165, 1.54) is 0 Å². The minimum absolute atomic E-state index is 0.134. The second-order valence-corrected chi connectivity index (χ2v) is 3.30. The van der Waals surface area contributed by atoms with E-state index in [2.05, 4.69) is 22.1 Å². The van der Waals surface area contributed by atoms with E-state index in [-0.39, 0.29) is 5.56 Å². The van der Waals surface area contributed by atoms with Gasteiger partial charge >= 0.3 is 0 Å². The fourth-order valence-corrected chi connectivity index (χ4v) is 1.55. The maximum atomic E-state index is 11.1. The largest absolute Gasteiger partial charge is 0.291 e. The molecule has 0 aliphatic rings. The third-order valence-electron chi connectivity index (χ3n) is 2.13. The zero-order valence-corrected chi connectivity index (χ0v) is 8.24. The molecule has 0 saturated carbocycles. The van der Waals surface area contributed by atoms with Gasteiger partial charge < -0.3 is 0 Å². The summed E-state index contributed by atoms with van der Waals surface area (Å²) in [6.45, 7) is 3.97. The van der Waals surface area contributed by atoms with Gasteiger partial charge in [-0.05, 0) is 13.3 Å². The van der Waals surface area contributed by atoms with Crippen LogP contribution in [0.2, 0.25) is 0 Å². The van der Waals surface area contributed by atoms with Crippen LogP contribution in [0, 0.1) is 6.92 Å². The van der Waals surface area contributed by atoms with Crippen molar-refractivity contribution in [3.8, 4) is 0 Å². The molecule has 14 heavy (non-hydrogen) atoms. The Morgan fingerprint density at radius 3 is 3.00 bits per heavy atom. The molecule has 0 spiro atoms. The third kappa shape index (κ3) is 1.30. The molecule has 0 bridgehead atoms. The summed E-state index contributed by atoms with van der Waals surface area (Å²) in [7, 11) is 0. The van der Waals surface area contributed by atoms with Crippen LogP contribution in [0.4, 0.5) is 0 Å². The molecule has 0 aliphatic carbocycles. The Hall–Kier alpha value is -1.65. The Morgan fingerprint density at radius 1 is 1.50 bits per heavy atom. The van der Waals surface area contributed by atoms with Gasteiger partial charge in [0.25, 0.3) is 5.56 Å². The molecule has 5 nitrogen and oxygen atoms in total. The molecule has 2 heterocycles. The van der Waals surface area contributed by atoms with Crippen LogP contribution in [0.3, 0.4) is 0 Å². The smallest absolute Gasteiger partial charge is 0.252 e. The van der Waals surface area contributed by atoms with E-state index >= 15 is 0 Å². The van der Waals surface area contributed by atoms with Crippen molar-refractivity contribution in [1.82, 2.24) is 19.6 Å². The molecule has 74 valence electrons. The molecule has 0 fully saturated rings. The standard InChI is InChI=1S/C9H12N4O/c1-3-4-7-11-12-9-10-8(14)5-6(2)13(7)9/h5H,3-4H2,1-2H3,(H,10,12,14). The number of H-pyrrole nitrogens is 1. The number of aromatic amines is 1. The highest BCUT2D eigenvalue weighted by Crippen LogP contribution is 2.04. The fraction of sp³-hybridized carbons (Fsp3) is 0.444. The van der Waals surface area contributed by atoms with Gasteiger partial charge in [-0.15, -0.1) is 10.2 Å². The first-order chi connectivity index (χ1) is 6.72. The molecule has 0 unspecified atom stereocenters. The molecule has 0 saturated heterocycles.